The third-order valence-corrected chi connectivity index (χ3v) is 4.50. The summed E-state index contributed by atoms with van der Waals surface area (Å²) in [5.74, 6) is 1.61. The highest BCUT2D eigenvalue weighted by molar-refractivity contribution is 5.38. The first-order chi connectivity index (χ1) is 9.55. The second kappa shape index (κ2) is 6.62. The lowest BCUT2D eigenvalue weighted by Crippen LogP contribution is -2.26. The molecule has 2 atom stereocenters. The van der Waals surface area contributed by atoms with Gasteiger partial charge in [0.1, 0.15) is 5.75 Å². The maximum absolute atomic E-state index is 11.1. The van der Waals surface area contributed by atoms with E-state index in [9.17, 15) is 5.11 Å². The highest BCUT2D eigenvalue weighted by Gasteiger charge is 2.34. The molecule has 0 heterocycles. The van der Waals surface area contributed by atoms with Crippen molar-refractivity contribution in [2.75, 3.05) is 0 Å². The molecule has 1 saturated carbocycles. The molecule has 0 spiro atoms. The smallest absolute Gasteiger partial charge is 0.125 e. The summed E-state index contributed by atoms with van der Waals surface area (Å²) in [5, 5.41) is 11.1. The fourth-order valence-corrected chi connectivity index (χ4v) is 3.28. The van der Waals surface area contributed by atoms with Crippen LogP contribution in [0.15, 0.2) is 24.3 Å². The van der Waals surface area contributed by atoms with Gasteiger partial charge in [0.05, 0.1) is 11.7 Å². The highest BCUT2D eigenvalue weighted by Crippen LogP contribution is 2.42. The van der Waals surface area contributed by atoms with E-state index in [1.807, 2.05) is 38.1 Å². The summed E-state index contributed by atoms with van der Waals surface area (Å²) in [5.41, 5.74) is 0.264. The summed E-state index contributed by atoms with van der Waals surface area (Å²) in [6, 6.07) is 8.00. The molecule has 2 heteroatoms. The summed E-state index contributed by atoms with van der Waals surface area (Å²) in [7, 11) is 0. The van der Waals surface area contributed by atoms with Crippen molar-refractivity contribution in [1.29, 1.82) is 0 Å². The van der Waals surface area contributed by atoms with E-state index < -0.39 is 5.60 Å². The molecule has 2 unspecified atom stereocenters. The van der Waals surface area contributed by atoms with Gasteiger partial charge in [-0.25, -0.2) is 0 Å². The minimum absolute atomic E-state index is 0.133. The van der Waals surface area contributed by atoms with E-state index >= 15 is 0 Å². The van der Waals surface area contributed by atoms with E-state index in [4.69, 9.17) is 4.74 Å². The predicted molar refractivity (Wildman–Crippen MR) is 83.0 cm³/mol. The molecular weight excluding hydrogens is 248 g/mol. The summed E-state index contributed by atoms with van der Waals surface area (Å²) in [6.07, 6.45) is 6.51. The van der Waals surface area contributed by atoms with Crippen molar-refractivity contribution in [1.82, 2.24) is 0 Å². The largest absolute Gasteiger partial charge is 0.491 e. The average Bonchev–Trinajstić information content (AvgIpc) is 2.61. The van der Waals surface area contributed by atoms with Crippen molar-refractivity contribution < 1.29 is 9.84 Å². The topological polar surface area (TPSA) is 29.5 Å². The van der Waals surface area contributed by atoms with Gasteiger partial charge in [-0.3, -0.25) is 0 Å². The minimum atomic E-state index is -0.713. The molecule has 0 bridgehead atoms. The number of rotatable bonds is 4. The number of benzene rings is 1. The van der Waals surface area contributed by atoms with Crippen molar-refractivity contribution in [2.45, 2.75) is 71.0 Å². The van der Waals surface area contributed by atoms with Crippen LogP contribution in [0.2, 0.25) is 0 Å². The number of ether oxygens (including phenoxy) is 1. The van der Waals surface area contributed by atoms with Gasteiger partial charge in [-0.15, -0.1) is 0 Å². The van der Waals surface area contributed by atoms with Crippen LogP contribution in [0.3, 0.4) is 0 Å². The number of hydrogen-bond acceptors (Lipinski definition) is 2. The third-order valence-electron chi connectivity index (χ3n) is 4.50. The zero-order valence-corrected chi connectivity index (χ0v) is 13.1. The molecule has 0 amide bonds. The summed E-state index contributed by atoms with van der Waals surface area (Å²) in [6.45, 7) is 6.31. The van der Waals surface area contributed by atoms with Crippen LogP contribution >= 0.6 is 0 Å². The van der Waals surface area contributed by atoms with E-state index in [0.29, 0.717) is 0 Å². The number of aliphatic hydroxyl groups is 1. The minimum Gasteiger partial charge on any atom is -0.491 e. The van der Waals surface area contributed by atoms with Gasteiger partial charge in [-0.05, 0) is 51.5 Å². The fraction of sp³-hybridized carbons (Fsp3) is 0.667. The molecule has 1 aromatic carbocycles. The number of hydrogen-bond donors (Lipinski definition) is 1. The second-order valence-corrected chi connectivity index (χ2v) is 6.40. The van der Waals surface area contributed by atoms with Gasteiger partial charge < -0.3 is 9.84 Å². The number of para-hydroxylation sites is 1. The van der Waals surface area contributed by atoms with Gasteiger partial charge in [-0.2, -0.15) is 0 Å². The molecule has 1 aliphatic rings. The van der Waals surface area contributed by atoms with E-state index in [2.05, 4.69) is 6.92 Å². The molecule has 2 nitrogen and oxygen atoms in total. The Bertz CT molecular complexity index is 427. The zero-order chi connectivity index (χ0) is 14.6. The van der Waals surface area contributed by atoms with Crippen LogP contribution in [-0.4, -0.2) is 11.2 Å². The van der Waals surface area contributed by atoms with Crippen molar-refractivity contribution in [3.05, 3.63) is 29.8 Å². The zero-order valence-electron chi connectivity index (χ0n) is 13.1. The fourth-order valence-electron chi connectivity index (χ4n) is 3.28. The molecule has 20 heavy (non-hydrogen) atoms. The van der Waals surface area contributed by atoms with E-state index in [1.54, 1.807) is 0 Å². The Labute approximate surface area is 123 Å². The van der Waals surface area contributed by atoms with E-state index in [-0.39, 0.29) is 6.10 Å². The third kappa shape index (κ3) is 3.54. The molecule has 112 valence electrons. The van der Waals surface area contributed by atoms with Crippen LogP contribution in [0, 0.1) is 5.92 Å². The predicted octanol–water partition coefficient (Wildman–Crippen LogP) is 4.65. The monoisotopic (exact) mass is 276 g/mol. The van der Waals surface area contributed by atoms with Gasteiger partial charge in [0, 0.05) is 5.56 Å². The molecule has 1 aromatic rings. The van der Waals surface area contributed by atoms with E-state index in [1.165, 1.54) is 12.8 Å². The molecule has 0 saturated heterocycles. The van der Waals surface area contributed by atoms with Gasteiger partial charge >= 0.3 is 0 Å². The van der Waals surface area contributed by atoms with Crippen LogP contribution in [-0.2, 0) is 5.60 Å². The van der Waals surface area contributed by atoms with Crippen molar-refractivity contribution in [3.63, 3.8) is 0 Å². The first-order valence-corrected chi connectivity index (χ1v) is 8.03. The Hall–Kier alpha value is -1.02. The molecule has 2 rings (SSSR count). The quantitative estimate of drug-likeness (QED) is 0.811. The van der Waals surface area contributed by atoms with Crippen LogP contribution < -0.4 is 4.74 Å². The van der Waals surface area contributed by atoms with Crippen LogP contribution in [0.25, 0.3) is 0 Å². The van der Waals surface area contributed by atoms with Crippen molar-refractivity contribution >= 4 is 0 Å². The summed E-state index contributed by atoms with van der Waals surface area (Å²) >= 11 is 0. The SMILES string of the molecule is CCC1CCCC(O)(c2ccccc2OC(C)C)CC1. The molecular formula is C18H28O2. The lowest BCUT2D eigenvalue weighted by molar-refractivity contribution is 0.0160. The van der Waals surface area contributed by atoms with Gasteiger partial charge in [0.15, 0.2) is 0 Å². The Kier molecular flexibility index (Phi) is 5.09. The molecule has 0 aliphatic heterocycles. The Morgan fingerprint density at radius 3 is 2.70 bits per heavy atom. The molecule has 1 aliphatic carbocycles. The van der Waals surface area contributed by atoms with Crippen LogP contribution in [0.4, 0.5) is 0 Å². The summed E-state index contributed by atoms with van der Waals surface area (Å²) in [4.78, 5) is 0. The lowest BCUT2D eigenvalue weighted by Gasteiger charge is -2.30. The van der Waals surface area contributed by atoms with Crippen LogP contribution in [0.5, 0.6) is 5.75 Å². The Morgan fingerprint density at radius 2 is 2.00 bits per heavy atom. The van der Waals surface area contributed by atoms with Crippen molar-refractivity contribution in [2.24, 2.45) is 5.92 Å². The molecule has 0 radical (unpaired) electrons. The van der Waals surface area contributed by atoms with Gasteiger partial charge in [0.25, 0.3) is 0 Å². The van der Waals surface area contributed by atoms with Gasteiger partial charge in [0.2, 0.25) is 0 Å². The lowest BCUT2D eigenvalue weighted by atomic mass is 9.85. The first-order valence-electron chi connectivity index (χ1n) is 8.03. The van der Waals surface area contributed by atoms with Crippen LogP contribution in [0.1, 0.15) is 64.9 Å². The first kappa shape index (κ1) is 15.4. The molecule has 0 aromatic heterocycles. The average molecular weight is 276 g/mol. The Morgan fingerprint density at radius 1 is 1.25 bits per heavy atom. The maximum atomic E-state index is 11.1. The second-order valence-electron chi connectivity index (χ2n) is 6.40. The maximum Gasteiger partial charge on any atom is 0.125 e. The van der Waals surface area contributed by atoms with E-state index in [0.717, 1.165) is 42.9 Å². The van der Waals surface area contributed by atoms with Crippen molar-refractivity contribution in [3.8, 4) is 5.75 Å². The highest BCUT2D eigenvalue weighted by atomic mass is 16.5. The normalized spacial score (nSPS) is 27.4. The Balaban J connectivity index is 2.24. The van der Waals surface area contributed by atoms with Gasteiger partial charge in [-0.1, -0.05) is 38.0 Å². The molecule has 1 fully saturated rings. The standard InChI is InChI=1S/C18H28O2/c1-4-15-8-7-12-18(19,13-11-15)16-9-5-6-10-17(16)20-14(2)3/h5-6,9-10,14-15,19H,4,7-8,11-13H2,1-3H3. The summed E-state index contributed by atoms with van der Waals surface area (Å²) < 4.78 is 5.90. The molecule has 1 N–H and O–H groups in total.